The Morgan fingerprint density at radius 1 is 1.33 bits per heavy atom. The van der Waals surface area contributed by atoms with Gasteiger partial charge in [-0.05, 0) is 18.8 Å². The second kappa shape index (κ2) is 3.94. The molecule has 0 aromatic carbocycles. The summed E-state index contributed by atoms with van der Waals surface area (Å²) >= 11 is 0. The average molecular weight is 254 g/mol. The minimum absolute atomic E-state index is 0.0148. The van der Waals surface area contributed by atoms with Gasteiger partial charge in [0.1, 0.15) is 5.54 Å². The molecule has 2 aliphatic carbocycles. The van der Waals surface area contributed by atoms with Crippen LogP contribution in [0.25, 0.3) is 0 Å². The van der Waals surface area contributed by atoms with Crippen LogP contribution in [-0.2, 0) is 9.53 Å². The van der Waals surface area contributed by atoms with Crippen LogP contribution in [0.4, 0.5) is 0 Å². The van der Waals surface area contributed by atoms with Crippen molar-refractivity contribution in [1.29, 1.82) is 0 Å². The molecule has 2 rings (SSSR count). The van der Waals surface area contributed by atoms with Crippen molar-refractivity contribution in [2.24, 2.45) is 16.6 Å². The third-order valence-electron chi connectivity index (χ3n) is 5.05. The largest absolute Gasteiger partial charge is 0.378 e. The fraction of sp³-hybridized carbons (Fsp3) is 0.929. The molecule has 0 radical (unpaired) electrons. The predicted octanol–water partition coefficient (Wildman–Crippen LogP) is 1.43. The Hall–Kier alpha value is -0.610. The Labute approximate surface area is 110 Å². The third kappa shape index (κ3) is 1.86. The smallest absolute Gasteiger partial charge is 0.241 e. The summed E-state index contributed by atoms with van der Waals surface area (Å²) in [6.45, 7) is 11.0. The van der Waals surface area contributed by atoms with Gasteiger partial charge in [0.05, 0.1) is 6.10 Å². The Kier molecular flexibility index (Phi) is 3.02. The Morgan fingerprint density at radius 3 is 2.28 bits per heavy atom. The third-order valence-corrected chi connectivity index (χ3v) is 5.05. The molecule has 0 saturated heterocycles. The second-order valence-electron chi connectivity index (χ2n) is 7.06. The van der Waals surface area contributed by atoms with Gasteiger partial charge >= 0.3 is 0 Å². The van der Waals surface area contributed by atoms with E-state index in [4.69, 9.17) is 10.5 Å². The van der Waals surface area contributed by atoms with Gasteiger partial charge in [0, 0.05) is 24.5 Å². The fourth-order valence-electron chi connectivity index (χ4n) is 2.82. The molecule has 2 aliphatic rings. The zero-order chi connectivity index (χ0) is 13.8. The van der Waals surface area contributed by atoms with Crippen molar-refractivity contribution in [2.75, 3.05) is 6.61 Å². The molecule has 0 aliphatic heterocycles. The van der Waals surface area contributed by atoms with Crippen molar-refractivity contribution < 1.29 is 9.53 Å². The van der Waals surface area contributed by atoms with Gasteiger partial charge < -0.3 is 15.8 Å². The summed E-state index contributed by atoms with van der Waals surface area (Å²) in [6, 6.07) is 0.285. The molecule has 2 fully saturated rings. The molecule has 0 aromatic rings. The van der Waals surface area contributed by atoms with E-state index >= 15 is 0 Å². The Bertz CT molecular complexity index is 365. The standard InChI is InChI=1S/C14H26N2O2/c1-6-18-10-8-14(15,13(10,4)5)11(17)16-9-7-12(9,2)3/h9-10H,6-8,15H2,1-5H3,(H,16,17). The van der Waals surface area contributed by atoms with E-state index < -0.39 is 5.54 Å². The maximum Gasteiger partial charge on any atom is 0.241 e. The number of rotatable bonds is 4. The summed E-state index contributed by atoms with van der Waals surface area (Å²) in [5, 5.41) is 3.09. The minimum atomic E-state index is -0.786. The number of amides is 1. The van der Waals surface area contributed by atoms with E-state index in [2.05, 4.69) is 19.2 Å². The van der Waals surface area contributed by atoms with E-state index in [1.807, 2.05) is 20.8 Å². The zero-order valence-corrected chi connectivity index (χ0v) is 12.2. The van der Waals surface area contributed by atoms with E-state index in [9.17, 15) is 4.79 Å². The summed E-state index contributed by atoms with van der Waals surface area (Å²) in [7, 11) is 0. The molecule has 3 unspecified atom stereocenters. The van der Waals surface area contributed by atoms with E-state index in [0.29, 0.717) is 13.0 Å². The Morgan fingerprint density at radius 2 is 1.89 bits per heavy atom. The van der Waals surface area contributed by atoms with Gasteiger partial charge in [0.15, 0.2) is 0 Å². The molecule has 0 spiro atoms. The molecule has 3 atom stereocenters. The van der Waals surface area contributed by atoms with Gasteiger partial charge in [-0.25, -0.2) is 0 Å². The molecule has 104 valence electrons. The number of nitrogens with two attached hydrogens (primary N) is 1. The first-order valence-corrected chi connectivity index (χ1v) is 6.86. The van der Waals surface area contributed by atoms with Gasteiger partial charge in [-0.15, -0.1) is 0 Å². The lowest BCUT2D eigenvalue weighted by Crippen LogP contribution is -2.76. The normalized spacial score (nSPS) is 39.9. The predicted molar refractivity (Wildman–Crippen MR) is 71.1 cm³/mol. The number of carbonyl (C=O) groups is 1. The van der Waals surface area contributed by atoms with Gasteiger partial charge in [-0.2, -0.15) is 0 Å². The molecular formula is C14H26N2O2. The molecule has 4 nitrogen and oxygen atoms in total. The van der Waals surface area contributed by atoms with Crippen molar-refractivity contribution in [3.63, 3.8) is 0 Å². The van der Waals surface area contributed by atoms with Crippen molar-refractivity contribution in [1.82, 2.24) is 5.32 Å². The highest BCUT2D eigenvalue weighted by Crippen LogP contribution is 2.51. The van der Waals surface area contributed by atoms with E-state index in [-0.39, 0.29) is 28.9 Å². The molecule has 1 amide bonds. The first-order chi connectivity index (χ1) is 8.15. The number of hydrogen-bond acceptors (Lipinski definition) is 3. The van der Waals surface area contributed by atoms with Crippen molar-refractivity contribution in [3.8, 4) is 0 Å². The molecule has 2 saturated carbocycles. The second-order valence-corrected chi connectivity index (χ2v) is 7.06. The number of carbonyl (C=O) groups excluding carboxylic acids is 1. The molecule has 3 N–H and O–H groups in total. The van der Waals surface area contributed by atoms with Crippen LogP contribution in [0.15, 0.2) is 0 Å². The van der Waals surface area contributed by atoms with Crippen molar-refractivity contribution in [3.05, 3.63) is 0 Å². The van der Waals surface area contributed by atoms with E-state index in [1.54, 1.807) is 0 Å². The van der Waals surface area contributed by atoms with Crippen LogP contribution in [0.2, 0.25) is 0 Å². The quantitative estimate of drug-likeness (QED) is 0.798. The molecule has 4 heteroatoms. The van der Waals surface area contributed by atoms with Gasteiger partial charge in [0.25, 0.3) is 0 Å². The highest BCUT2D eigenvalue weighted by Gasteiger charge is 2.63. The number of hydrogen-bond donors (Lipinski definition) is 2. The summed E-state index contributed by atoms with van der Waals surface area (Å²) in [6.07, 6.45) is 1.75. The van der Waals surface area contributed by atoms with Crippen LogP contribution in [0.5, 0.6) is 0 Å². The average Bonchev–Trinajstić information content (AvgIpc) is 2.85. The summed E-state index contributed by atoms with van der Waals surface area (Å²) < 4.78 is 5.64. The van der Waals surface area contributed by atoms with Crippen molar-refractivity contribution >= 4 is 5.91 Å². The van der Waals surface area contributed by atoms with Gasteiger partial charge in [-0.3, -0.25) is 4.79 Å². The molecular weight excluding hydrogens is 228 g/mol. The van der Waals surface area contributed by atoms with Crippen LogP contribution in [0.1, 0.15) is 47.5 Å². The molecule has 0 heterocycles. The van der Waals surface area contributed by atoms with Crippen LogP contribution in [0.3, 0.4) is 0 Å². The van der Waals surface area contributed by atoms with Gasteiger partial charge in [-0.1, -0.05) is 27.7 Å². The van der Waals surface area contributed by atoms with Crippen LogP contribution in [-0.4, -0.2) is 30.2 Å². The van der Waals surface area contributed by atoms with Crippen molar-refractivity contribution in [2.45, 2.75) is 65.1 Å². The van der Waals surface area contributed by atoms with E-state index in [1.165, 1.54) is 0 Å². The monoisotopic (exact) mass is 254 g/mol. The highest BCUT2D eigenvalue weighted by molar-refractivity contribution is 5.89. The number of nitrogens with one attached hydrogen (secondary N) is 1. The van der Waals surface area contributed by atoms with Crippen LogP contribution in [0, 0.1) is 10.8 Å². The SMILES string of the molecule is CCOC1CC(N)(C(=O)NC2CC2(C)C)C1(C)C. The molecule has 0 bridgehead atoms. The minimum Gasteiger partial charge on any atom is -0.378 e. The lowest BCUT2D eigenvalue weighted by atomic mass is 9.54. The number of ether oxygens (including phenoxy) is 1. The fourth-order valence-corrected chi connectivity index (χ4v) is 2.82. The van der Waals surface area contributed by atoms with Crippen LogP contribution >= 0.6 is 0 Å². The van der Waals surface area contributed by atoms with Crippen LogP contribution < -0.4 is 11.1 Å². The first kappa shape index (κ1) is 13.8. The summed E-state index contributed by atoms with van der Waals surface area (Å²) in [5.41, 5.74) is 5.47. The highest BCUT2D eigenvalue weighted by atomic mass is 16.5. The maximum atomic E-state index is 12.4. The molecule has 0 aromatic heterocycles. The summed E-state index contributed by atoms with van der Waals surface area (Å²) in [5.74, 6) is -0.0148. The Balaban J connectivity index is 1.98. The molecule has 18 heavy (non-hydrogen) atoms. The summed E-state index contributed by atoms with van der Waals surface area (Å²) in [4.78, 5) is 12.4. The maximum absolute atomic E-state index is 12.4. The topological polar surface area (TPSA) is 64.3 Å². The van der Waals surface area contributed by atoms with E-state index in [0.717, 1.165) is 6.42 Å². The zero-order valence-electron chi connectivity index (χ0n) is 12.2. The lowest BCUT2D eigenvalue weighted by molar-refractivity contribution is -0.170. The lowest BCUT2D eigenvalue weighted by Gasteiger charge is -2.57. The van der Waals surface area contributed by atoms with Gasteiger partial charge in [0.2, 0.25) is 5.91 Å². The first-order valence-electron chi connectivity index (χ1n) is 6.86.